The second-order valence-electron chi connectivity index (χ2n) is 5.46. The van der Waals surface area contributed by atoms with Gasteiger partial charge in [0.15, 0.2) is 0 Å². The Balaban J connectivity index is 2.20. The quantitative estimate of drug-likeness (QED) is 0.682. The van der Waals surface area contributed by atoms with Crippen LogP contribution in [0.4, 0.5) is 5.82 Å². The highest BCUT2D eigenvalue weighted by molar-refractivity contribution is 9.10. The van der Waals surface area contributed by atoms with Crippen molar-refractivity contribution in [3.8, 4) is 28.5 Å². The molecule has 0 fully saturated rings. The van der Waals surface area contributed by atoms with Gasteiger partial charge in [-0.2, -0.15) is 5.26 Å². The summed E-state index contributed by atoms with van der Waals surface area (Å²) in [6.07, 6.45) is 0.991. The molecule has 0 amide bonds. The average Bonchev–Trinajstić information content (AvgIpc) is 2.61. The summed E-state index contributed by atoms with van der Waals surface area (Å²) in [4.78, 5) is 4.43. The molecule has 1 heterocycles. The summed E-state index contributed by atoms with van der Waals surface area (Å²) in [5.41, 5.74) is 11.2. The highest BCUT2D eigenvalue weighted by Gasteiger charge is 2.15. The van der Waals surface area contributed by atoms with Crippen molar-refractivity contribution < 1.29 is 0 Å². The van der Waals surface area contributed by atoms with Gasteiger partial charge in [0.25, 0.3) is 0 Å². The van der Waals surface area contributed by atoms with Crippen molar-refractivity contribution >= 4 is 21.7 Å². The van der Waals surface area contributed by atoms with E-state index < -0.39 is 0 Å². The summed E-state index contributed by atoms with van der Waals surface area (Å²) in [6, 6.07) is 20.1. The number of aromatic nitrogens is 1. The molecule has 0 radical (unpaired) electrons. The Morgan fingerprint density at radius 2 is 1.79 bits per heavy atom. The zero-order valence-electron chi connectivity index (χ0n) is 13.3. The van der Waals surface area contributed by atoms with Crippen LogP contribution in [0.2, 0.25) is 0 Å². The molecule has 0 aliphatic heterocycles. The van der Waals surface area contributed by atoms with E-state index in [4.69, 9.17) is 5.73 Å². The number of nitrogen functional groups attached to an aromatic ring is 1. The van der Waals surface area contributed by atoms with Crippen molar-refractivity contribution in [3.05, 3.63) is 70.2 Å². The molecule has 0 aliphatic rings. The van der Waals surface area contributed by atoms with E-state index in [1.807, 2.05) is 42.5 Å². The summed E-state index contributed by atoms with van der Waals surface area (Å²) in [5, 5.41) is 9.50. The number of anilines is 1. The number of nitriles is 1. The van der Waals surface area contributed by atoms with Gasteiger partial charge in [-0.25, -0.2) is 4.98 Å². The Labute approximate surface area is 149 Å². The van der Waals surface area contributed by atoms with Crippen molar-refractivity contribution in [2.75, 3.05) is 5.73 Å². The van der Waals surface area contributed by atoms with Crippen molar-refractivity contribution in [2.45, 2.75) is 13.3 Å². The van der Waals surface area contributed by atoms with E-state index in [2.05, 4.69) is 46.0 Å². The van der Waals surface area contributed by atoms with Crippen LogP contribution in [0.3, 0.4) is 0 Å². The zero-order valence-corrected chi connectivity index (χ0v) is 14.8. The van der Waals surface area contributed by atoms with E-state index >= 15 is 0 Å². The molecular formula is C20H16BrN3. The van der Waals surface area contributed by atoms with Gasteiger partial charge in [-0.15, -0.1) is 0 Å². The fraction of sp³-hybridized carbons (Fsp3) is 0.100. The molecule has 0 bridgehead atoms. The van der Waals surface area contributed by atoms with Gasteiger partial charge in [-0.05, 0) is 29.7 Å². The first kappa shape index (κ1) is 16.2. The third-order valence-electron chi connectivity index (χ3n) is 3.98. The first-order valence-electron chi connectivity index (χ1n) is 7.69. The lowest BCUT2D eigenvalue weighted by Gasteiger charge is -2.12. The number of hydrogen-bond donors (Lipinski definition) is 1. The zero-order chi connectivity index (χ0) is 17.1. The molecule has 2 aromatic carbocycles. The second kappa shape index (κ2) is 6.86. The lowest BCUT2D eigenvalue weighted by Crippen LogP contribution is -2.00. The van der Waals surface area contributed by atoms with Crippen molar-refractivity contribution in [2.24, 2.45) is 0 Å². The van der Waals surface area contributed by atoms with Crippen LogP contribution in [0.5, 0.6) is 0 Å². The largest absolute Gasteiger partial charge is 0.383 e. The van der Waals surface area contributed by atoms with Gasteiger partial charge >= 0.3 is 0 Å². The molecule has 0 saturated carbocycles. The highest BCUT2D eigenvalue weighted by atomic mass is 79.9. The Morgan fingerprint density at radius 3 is 2.42 bits per heavy atom. The lowest BCUT2D eigenvalue weighted by atomic mass is 9.98. The van der Waals surface area contributed by atoms with Crippen LogP contribution >= 0.6 is 15.9 Å². The molecule has 0 aliphatic carbocycles. The number of benzene rings is 2. The predicted octanol–water partition coefficient (Wildman–Crippen LogP) is 5.19. The molecule has 2 N–H and O–H groups in total. The molecule has 1 aromatic heterocycles. The van der Waals surface area contributed by atoms with Crippen LogP contribution < -0.4 is 5.73 Å². The first-order valence-corrected chi connectivity index (χ1v) is 8.48. The average molecular weight is 378 g/mol. The Morgan fingerprint density at radius 1 is 1.08 bits per heavy atom. The predicted molar refractivity (Wildman–Crippen MR) is 101 cm³/mol. The minimum atomic E-state index is 0.250. The van der Waals surface area contributed by atoms with Gasteiger partial charge in [0.1, 0.15) is 17.5 Å². The number of nitrogens with two attached hydrogens (primary N) is 1. The number of nitrogens with zero attached hydrogens (tertiary/aromatic N) is 2. The highest BCUT2D eigenvalue weighted by Crippen LogP contribution is 2.35. The summed E-state index contributed by atoms with van der Waals surface area (Å²) in [5.74, 6) is 0.250. The van der Waals surface area contributed by atoms with E-state index in [9.17, 15) is 5.26 Å². The SMILES string of the molecule is CCc1ccc(-c2cc(-c3ccccc3Br)c(C#N)c(N)n2)cc1. The monoisotopic (exact) mass is 377 g/mol. The molecule has 0 spiro atoms. The second-order valence-corrected chi connectivity index (χ2v) is 6.31. The fourth-order valence-electron chi connectivity index (χ4n) is 2.63. The summed E-state index contributed by atoms with van der Waals surface area (Å²) >= 11 is 3.55. The summed E-state index contributed by atoms with van der Waals surface area (Å²) in [7, 11) is 0. The van der Waals surface area contributed by atoms with Gasteiger partial charge in [-0.1, -0.05) is 65.3 Å². The van der Waals surface area contributed by atoms with Crippen molar-refractivity contribution in [1.82, 2.24) is 4.98 Å². The minimum absolute atomic E-state index is 0.250. The van der Waals surface area contributed by atoms with E-state index in [-0.39, 0.29) is 5.82 Å². The molecule has 4 heteroatoms. The molecule has 3 aromatic rings. The topological polar surface area (TPSA) is 62.7 Å². The van der Waals surface area contributed by atoms with Gasteiger partial charge in [-0.3, -0.25) is 0 Å². The van der Waals surface area contributed by atoms with E-state index in [1.54, 1.807) is 0 Å². The maximum atomic E-state index is 9.50. The molecule has 3 rings (SSSR count). The molecule has 0 atom stereocenters. The van der Waals surface area contributed by atoms with E-state index in [0.29, 0.717) is 5.56 Å². The normalized spacial score (nSPS) is 10.4. The van der Waals surface area contributed by atoms with Crippen LogP contribution in [0.1, 0.15) is 18.1 Å². The Kier molecular flexibility index (Phi) is 4.64. The van der Waals surface area contributed by atoms with Crippen LogP contribution in [-0.4, -0.2) is 4.98 Å². The third kappa shape index (κ3) is 3.04. The van der Waals surface area contributed by atoms with Crippen molar-refractivity contribution in [3.63, 3.8) is 0 Å². The first-order chi connectivity index (χ1) is 11.6. The van der Waals surface area contributed by atoms with E-state index in [1.165, 1.54) is 5.56 Å². The smallest absolute Gasteiger partial charge is 0.142 e. The van der Waals surface area contributed by atoms with Gasteiger partial charge < -0.3 is 5.73 Å². The minimum Gasteiger partial charge on any atom is -0.383 e. The molecule has 118 valence electrons. The molecule has 3 nitrogen and oxygen atoms in total. The Bertz CT molecular complexity index is 925. The maximum absolute atomic E-state index is 9.50. The number of aryl methyl sites for hydroxylation is 1. The molecule has 0 saturated heterocycles. The molecule has 0 unspecified atom stereocenters. The van der Waals surface area contributed by atoms with Crippen LogP contribution in [0.25, 0.3) is 22.4 Å². The number of pyridine rings is 1. The molecular weight excluding hydrogens is 362 g/mol. The standard InChI is InChI=1S/C20H16BrN3/c1-2-13-7-9-14(10-8-13)19-11-16(17(12-22)20(23)24-19)15-5-3-4-6-18(15)21/h3-11H,2H2,1H3,(H2,23,24). The van der Waals surface area contributed by atoms with Crippen LogP contribution in [-0.2, 0) is 6.42 Å². The van der Waals surface area contributed by atoms with E-state index in [0.717, 1.165) is 33.3 Å². The van der Waals surface area contributed by atoms with Crippen LogP contribution in [0.15, 0.2) is 59.1 Å². The van der Waals surface area contributed by atoms with Crippen LogP contribution in [0, 0.1) is 11.3 Å². The maximum Gasteiger partial charge on any atom is 0.142 e. The fourth-order valence-corrected chi connectivity index (χ4v) is 3.13. The van der Waals surface area contributed by atoms with Gasteiger partial charge in [0, 0.05) is 15.6 Å². The lowest BCUT2D eigenvalue weighted by molar-refractivity contribution is 1.14. The Hall–Kier alpha value is -2.64. The number of hydrogen-bond acceptors (Lipinski definition) is 3. The number of halogens is 1. The third-order valence-corrected chi connectivity index (χ3v) is 4.67. The van der Waals surface area contributed by atoms with Gasteiger partial charge in [0.2, 0.25) is 0 Å². The molecule has 24 heavy (non-hydrogen) atoms. The summed E-state index contributed by atoms with van der Waals surface area (Å²) in [6.45, 7) is 2.12. The van der Waals surface area contributed by atoms with Gasteiger partial charge in [0.05, 0.1) is 5.69 Å². The van der Waals surface area contributed by atoms with Crippen molar-refractivity contribution in [1.29, 1.82) is 5.26 Å². The number of rotatable bonds is 3. The summed E-state index contributed by atoms with van der Waals surface area (Å²) < 4.78 is 0.916.